The van der Waals surface area contributed by atoms with Gasteiger partial charge in [0.05, 0.1) is 17.2 Å². The first kappa shape index (κ1) is 14.5. The first-order chi connectivity index (χ1) is 9.61. The van der Waals surface area contributed by atoms with Crippen LogP contribution in [-0.2, 0) is 11.9 Å². The van der Waals surface area contributed by atoms with E-state index in [1.807, 2.05) is 30.1 Å². The van der Waals surface area contributed by atoms with E-state index in [2.05, 4.69) is 20.9 Å². The summed E-state index contributed by atoms with van der Waals surface area (Å²) in [5, 5.41) is 11.4. The lowest BCUT2D eigenvalue weighted by molar-refractivity contribution is -0.384. The summed E-state index contributed by atoms with van der Waals surface area (Å²) in [5.74, 6) is 0. The Morgan fingerprint density at radius 2 is 2.15 bits per heavy atom. The maximum absolute atomic E-state index is 10.8. The normalized spacial score (nSPS) is 10.3. The first-order valence-electron chi connectivity index (χ1n) is 6.06. The molecule has 5 nitrogen and oxygen atoms in total. The van der Waals surface area contributed by atoms with Crippen LogP contribution in [0.15, 0.2) is 42.6 Å². The minimum absolute atomic E-state index is 0.106. The molecule has 0 amide bonds. The molecular formula is C14H14BrN3O2. The molecule has 20 heavy (non-hydrogen) atoms. The molecule has 1 heterocycles. The van der Waals surface area contributed by atoms with Crippen molar-refractivity contribution in [2.45, 2.75) is 11.9 Å². The summed E-state index contributed by atoms with van der Waals surface area (Å²) in [4.78, 5) is 16.7. The molecule has 0 saturated carbocycles. The lowest BCUT2D eigenvalue weighted by Crippen LogP contribution is -2.18. The zero-order valence-electron chi connectivity index (χ0n) is 11.0. The molecule has 0 unspecified atom stereocenters. The maximum Gasteiger partial charge on any atom is 0.269 e. The van der Waals surface area contributed by atoms with Crippen LogP contribution in [0.3, 0.4) is 0 Å². The predicted octanol–water partition coefficient (Wildman–Crippen LogP) is 3.52. The van der Waals surface area contributed by atoms with Crippen molar-refractivity contribution in [2.24, 2.45) is 0 Å². The van der Waals surface area contributed by atoms with Crippen LogP contribution in [0.1, 0.15) is 11.3 Å². The monoisotopic (exact) mass is 335 g/mol. The van der Waals surface area contributed by atoms with Crippen molar-refractivity contribution < 1.29 is 4.92 Å². The van der Waals surface area contributed by atoms with E-state index in [4.69, 9.17) is 0 Å². The largest absolute Gasteiger partial charge is 0.368 e. The molecule has 104 valence electrons. The summed E-state index contributed by atoms with van der Waals surface area (Å²) in [6, 6.07) is 10.7. The van der Waals surface area contributed by atoms with Gasteiger partial charge in [0.1, 0.15) is 0 Å². The van der Waals surface area contributed by atoms with Crippen molar-refractivity contribution in [3.63, 3.8) is 0 Å². The molecule has 0 aliphatic heterocycles. The number of rotatable bonds is 5. The molecule has 0 bridgehead atoms. The highest BCUT2D eigenvalue weighted by molar-refractivity contribution is 9.08. The zero-order valence-corrected chi connectivity index (χ0v) is 12.6. The van der Waals surface area contributed by atoms with Gasteiger partial charge in [-0.25, -0.2) is 0 Å². The highest BCUT2D eigenvalue weighted by atomic mass is 79.9. The predicted molar refractivity (Wildman–Crippen MR) is 82.1 cm³/mol. The van der Waals surface area contributed by atoms with E-state index in [1.54, 1.807) is 18.3 Å². The van der Waals surface area contributed by atoms with Gasteiger partial charge in [0.15, 0.2) is 0 Å². The van der Waals surface area contributed by atoms with Crippen molar-refractivity contribution in [3.8, 4) is 0 Å². The quantitative estimate of drug-likeness (QED) is 0.476. The van der Waals surface area contributed by atoms with Gasteiger partial charge in [0, 0.05) is 36.4 Å². The molecule has 0 spiro atoms. The second-order valence-electron chi connectivity index (χ2n) is 4.38. The van der Waals surface area contributed by atoms with Crippen LogP contribution in [0, 0.1) is 10.1 Å². The molecule has 0 aliphatic carbocycles. The number of alkyl halides is 1. The SMILES string of the molecule is CN(Cc1ccccn1)c1ccc([N+](=O)[O-])cc1CBr. The number of aromatic nitrogens is 1. The smallest absolute Gasteiger partial charge is 0.269 e. The molecule has 1 aromatic heterocycles. The third-order valence-electron chi connectivity index (χ3n) is 2.95. The van der Waals surface area contributed by atoms with Crippen LogP contribution in [0.2, 0.25) is 0 Å². The number of nitro groups is 1. The summed E-state index contributed by atoms with van der Waals surface area (Å²) in [6.45, 7) is 0.651. The Kier molecular flexibility index (Phi) is 4.68. The van der Waals surface area contributed by atoms with Crippen LogP contribution in [0.4, 0.5) is 11.4 Å². The molecule has 0 radical (unpaired) electrons. The van der Waals surface area contributed by atoms with Gasteiger partial charge in [-0.05, 0) is 23.8 Å². The maximum atomic E-state index is 10.8. The van der Waals surface area contributed by atoms with Crippen molar-refractivity contribution >= 4 is 27.3 Å². The summed E-state index contributed by atoms with van der Waals surface area (Å²) in [5.41, 5.74) is 2.90. The number of benzene rings is 1. The third-order valence-corrected chi connectivity index (χ3v) is 3.56. The number of hydrogen-bond acceptors (Lipinski definition) is 4. The molecular weight excluding hydrogens is 322 g/mol. The highest BCUT2D eigenvalue weighted by Gasteiger charge is 2.13. The lowest BCUT2D eigenvalue weighted by atomic mass is 10.1. The van der Waals surface area contributed by atoms with Gasteiger partial charge < -0.3 is 4.90 Å². The number of nitrogens with zero attached hydrogens (tertiary/aromatic N) is 3. The van der Waals surface area contributed by atoms with Gasteiger partial charge >= 0.3 is 0 Å². The second-order valence-corrected chi connectivity index (χ2v) is 4.94. The Labute approximate surface area is 125 Å². The van der Waals surface area contributed by atoms with E-state index < -0.39 is 0 Å². The molecule has 0 aliphatic rings. The molecule has 1 aromatic carbocycles. The number of halogens is 1. The average Bonchev–Trinajstić information content (AvgIpc) is 2.47. The summed E-state index contributed by atoms with van der Waals surface area (Å²) in [6.07, 6.45) is 1.75. The number of nitro benzene ring substituents is 1. The molecule has 6 heteroatoms. The number of pyridine rings is 1. The van der Waals surface area contributed by atoms with E-state index in [-0.39, 0.29) is 10.6 Å². The Bertz CT molecular complexity index is 605. The van der Waals surface area contributed by atoms with Gasteiger partial charge in [0.2, 0.25) is 0 Å². The van der Waals surface area contributed by atoms with Crippen molar-refractivity contribution in [1.29, 1.82) is 0 Å². The summed E-state index contributed by atoms with van der Waals surface area (Å²) < 4.78 is 0. The molecule has 2 rings (SSSR count). The van der Waals surface area contributed by atoms with E-state index in [1.165, 1.54) is 6.07 Å². The fraction of sp³-hybridized carbons (Fsp3) is 0.214. The topological polar surface area (TPSA) is 59.3 Å². The average molecular weight is 336 g/mol. The van der Waals surface area contributed by atoms with Crippen LogP contribution in [0.25, 0.3) is 0 Å². The number of anilines is 1. The second kappa shape index (κ2) is 6.47. The molecule has 2 aromatic rings. The highest BCUT2D eigenvalue weighted by Crippen LogP contribution is 2.27. The number of hydrogen-bond donors (Lipinski definition) is 0. The third kappa shape index (κ3) is 3.33. The Morgan fingerprint density at radius 1 is 1.35 bits per heavy atom. The van der Waals surface area contributed by atoms with Gasteiger partial charge in [-0.2, -0.15) is 0 Å². The zero-order chi connectivity index (χ0) is 14.5. The van der Waals surface area contributed by atoms with E-state index in [9.17, 15) is 10.1 Å². The summed E-state index contributed by atoms with van der Waals surface area (Å²) >= 11 is 3.38. The van der Waals surface area contributed by atoms with Crippen LogP contribution in [0.5, 0.6) is 0 Å². The minimum Gasteiger partial charge on any atom is -0.368 e. The Hall–Kier alpha value is -1.95. The van der Waals surface area contributed by atoms with Gasteiger partial charge in [-0.3, -0.25) is 15.1 Å². The van der Waals surface area contributed by atoms with Crippen LogP contribution < -0.4 is 4.90 Å². The first-order valence-corrected chi connectivity index (χ1v) is 7.18. The van der Waals surface area contributed by atoms with E-state index in [0.29, 0.717) is 11.9 Å². The van der Waals surface area contributed by atoms with Crippen molar-refractivity contribution in [1.82, 2.24) is 4.98 Å². The molecule has 0 fully saturated rings. The standard InChI is InChI=1S/C14H14BrN3O2/c1-17(10-12-4-2-3-7-16-12)14-6-5-13(18(19)20)8-11(14)9-15/h2-8H,9-10H2,1H3. The summed E-state index contributed by atoms with van der Waals surface area (Å²) in [7, 11) is 1.95. The van der Waals surface area contributed by atoms with Crippen LogP contribution >= 0.6 is 15.9 Å². The minimum atomic E-state index is -0.380. The van der Waals surface area contributed by atoms with Gasteiger partial charge in [0.25, 0.3) is 5.69 Å². The van der Waals surface area contributed by atoms with E-state index >= 15 is 0 Å². The Balaban J connectivity index is 2.25. The molecule has 0 N–H and O–H groups in total. The fourth-order valence-electron chi connectivity index (χ4n) is 1.98. The van der Waals surface area contributed by atoms with Gasteiger partial charge in [-0.15, -0.1) is 0 Å². The molecule has 0 saturated heterocycles. The van der Waals surface area contributed by atoms with Gasteiger partial charge in [-0.1, -0.05) is 22.0 Å². The van der Waals surface area contributed by atoms with E-state index in [0.717, 1.165) is 16.9 Å². The van der Waals surface area contributed by atoms with Crippen molar-refractivity contribution in [2.75, 3.05) is 11.9 Å². The fourth-order valence-corrected chi connectivity index (χ4v) is 2.43. The molecule has 0 atom stereocenters. The van der Waals surface area contributed by atoms with Crippen molar-refractivity contribution in [3.05, 3.63) is 64.0 Å². The van der Waals surface area contributed by atoms with Crippen LogP contribution in [-0.4, -0.2) is 17.0 Å². The number of non-ortho nitro benzene ring substituents is 1. The lowest BCUT2D eigenvalue weighted by Gasteiger charge is -2.21. The Morgan fingerprint density at radius 3 is 2.75 bits per heavy atom.